The van der Waals surface area contributed by atoms with Gasteiger partial charge in [-0.15, -0.1) is 10.2 Å². The van der Waals surface area contributed by atoms with Crippen molar-refractivity contribution < 1.29 is 14.2 Å². The van der Waals surface area contributed by atoms with Crippen LogP contribution in [0.5, 0.6) is 11.5 Å². The number of ether oxygens (including phenoxy) is 3. The maximum Gasteiger partial charge on any atom is 0.172 e. The Bertz CT molecular complexity index is 1700. The molecule has 0 spiro atoms. The van der Waals surface area contributed by atoms with Gasteiger partial charge in [-0.1, -0.05) is 74.5 Å². The highest BCUT2D eigenvalue weighted by Crippen LogP contribution is 2.41. The van der Waals surface area contributed by atoms with Crippen LogP contribution in [0.25, 0.3) is 17.1 Å². The van der Waals surface area contributed by atoms with Gasteiger partial charge in [-0.2, -0.15) is 0 Å². The molecule has 2 heterocycles. The third kappa shape index (κ3) is 6.33. The first-order valence-electron chi connectivity index (χ1n) is 15.3. The molecule has 5 aromatic rings. The fourth-order valence-corrected chi connectivity index (χ4v) is 5.66. The van der Waals surface area contributed by atoms with Gasteiger partial charge in [-0.3, -0.25) is 4.57 Å². The minimum absolute atomic E-state index is 0.226. The molecule has 7 nitrogen and oxygen atoms in total. The number of aryl methyl sites for hydroxylation is 2. The molecule has 0 unspecified atom stereocenters. The number of hydrogen-bond acceptors (Lipinski definition) is 6. The van der Waals surface area contributed by atoms with Crippen molar-refractivity contribution in [3.8, 4) is 28.6 Å². The van der Waals surface area contributed by atoms with Gasteiger partial charge in [-0.05, 0) is 58.9 Å². The molecule has 6 rings (SSSR count). The van der Waals surface area contributed by atoms with Crippen LogP contribution in [0.2, 0.25) is 0 Å². The quantitative estimate of drug-likeness (QED) is 0.151. The van der Waals surface area contributed by atoms with E-state index in [9.17, 15) is 0 Å². The summed E-state index contributed by atoms with van der Waals surface area (Å²) in [6.45, 7) is 6.80. The highest BCUT2D eigenvalue weighted by molar-refractivity contribution is 5.71. The third-order valence-electron chi connectivity index (χ3n) is 8.17. The maximum atomic E-state index is 6.56. The SMILES string of the molecule is COCCN(C)c1ccc2c(c1)CCc1nnc(-c3cc(C(C)C)c(OCc4ccccc4)cc3OCc3ccccc3)n1-2. The monoisotopic (exact) mass is 588 g/mol. The van der Waals surface area contributed by atoms with Crippen molar-refractivity contribution in [1.82, 2.24) is 14.8 Å². The van der Waals surface area contributed by atoms with Crippen LogP contribution in [0, 0.1) is 0 Å². The second-order valence-electron chi connectivity index (χ2n) is 11.6. The summed E-state index contributed by atoms with van der Waals surface area (Å²) in [6.07, 6.45) is 1.74. The van der Waals surface area contributed by atoms with Gasteiger partial charge < -0.3 is 19.1 Å². The normalized spacial score (nSPS) is 12.1. The van der Waals surface area contributed by atoms with Crippen LogP contribution in [0.15, 0.2) is 91.0 Å². The average Bonchev–Trinajstić information content (AvgIpc) is 3.50. The first-order valence-corrected chi connectivity index (χ1v) is 15.3. The number of benzene rings is 4. The number of anilines is 1. The van der Waals surface area contributed by atoms with Crippen LogP contribution in [0.1, 0.15) is 47.8 Å². The van der Waals surface area contributed by atoms with Crippen LogP contribution in [-0.2, 0) is 30.8 Å². The Hall–Kier alpha value is -4.62. The Morgan fingerprint density at radius 2 is 1.48 bits per heavy atom. The molecule has 4 aromatic carbocycles. The molecule has 0 fully saturated rings. The number of likely N-dealkylation sites (N-methyl/N-ethyl adjacent to an activating group) is 1. The van der Waals surface area contributed by atoms with E-state index < -0.39 is 0 Å². The molecular formula is C37H40N4O3. The van der Waals surface area contributed by atoms with E-state index in [0.29, 0.717) is 19.8 Å². The molecular weight excluding hydrogens is 548 g/mol. The zero-order chi connectivity index (χ0) is 30.5. The second kappa shape index (κ2) is 13.3. The molecule has 1 aliphatic rings. The summed E-state index contributed by atoms with van der Waals surface area (Å²) in [6, 6.07) is 31.3. The number of hydrogen-bond donors (Lipinski definition) is 0. The largest absolute Gasteiger partial charge is 0.488 e. The van der Waals surface area contributed by atoms with Crippen molar-refractivity contribution in [1.29, 1.82) is 0 Å². The Balaban J connectivity index is 1.41. The van der Waals surface area contributed by atoms with Crippen LogP contribution >= 0.6 is 0 Å². The molecule has 226 valence electrons. The number of nitrogens with zero attached hydrogens (tertiary/aromatic N) is 4. The van der Waals surface area contributed by atoms with E-state index in [4.69, 9.17) is 19.3 Å². The van der Waals surface area contributed by atoms with E-state index >= 15 is 0 Å². The predicted octanol–water partition coefficient (Wildman–Crippen LogP) is 7.40. The highest BCUT2D eigenvalue weighted by atomic mass is 16.5. The highest BCUT2D eigenvalue weighted by Gasteiger charge is 2.26. The minimum Gasteiger partial charge on any atom is -0.488 e. The summed E-state index contributed by atoms with van der Waals surface area (Å²) in [5.41, 5.74) is 7.78. The van der Waals surface area contributed by atoms with Gasteiger partial charge >= 0.3 is 0 Å². The van der Waals surface area contributed by atoms with E-state index in [1.165, 1.54) is 11.3 Å². The second-order valence-corrected chi connectivity index (χ2v) is 11.6. The lowest BCUT2D eigenvalue weighted by atomic mass is 9.97. The fraction of sp³-hybridized carbons (Fsp3) is 0.297. The van der Waals surface area contributed by atoms with Gasteiger partial charge in [0.15, 0.2) is 5.82 Å². The lowest BCUT2D eigenvalue weighted by molar-refractivity contribution is 0.206. The van der Waals surface area contributed by atoms with E-state index in [-0.39, 0.29) is 5.92 Å². The third-order valence-corrected chi connectivity index (χ3v) is 8.17. The predicted molar refractivity (Wildman–Crippen MR) is 175 cm³/mol. The molecule has 1 aromatic heterocycles. The molecule has 0 atom stereocenters. The zero-order valence-corrected chi connectivity index (χ0v) is 26.0. The first-order chi connectivity index (χ1) is 21.5. The Morgan fingerprint density at radius 3 is 2.14 bits per heavy atom. The lowest BCUT2D eigenvalue weighted by Gasteiger charge is -2.25. The molecule has 0 saturated carbocycles. The van der Waals surface area contributed by atoms with Gasteiger partial charge in [0, 0.05) is 38.9 Å². The van der Waals surface area contributed by atoms with Gasteiger partial charge in [0.1, 0.15) is 30.5 Å². The summed E-state index contributed by atoms with van der Waals surface area (Å²) in [4.78, 5) is 2.23. The Labute approximate surface area is 260 Å². The average molecular weight is 589 g/mol. The smallest absolute Gasteiger partial charge is 0.172 e. The van der Waals surface area contributed by atoms with Gasteiger partial charge in [0.25, 0.3) is 0 Å². The van der Waals surface area contributed by atoms with Crippen molar-refractivity contribution in [2.45, 2.75) is 45.8 Å². The molecule has 7 heteroatoms. The molecule has 44 heavy (non-hydrogen) atoms. The molecule has 0 amide bonds. The standard InChI is InChI=1S/C37H40N4O3/c1-26(2)31-22-32(35(44-25-28-13-9-6-10-14-28)23-34(31)43-24-27-11-7-5-8-12-27)37-39-38-36-18-15-29-21-30(40(3)19-20-42-4)16-17-33(29)41(36)37/h5-14,16-17,21-23,26H,15,18-20,24-25H2,1-4H3. The summed E-state index contributed by atoms with van der Waals surface area (Å²) >= 11 is 0. The number of fused-ring (bicyclic) bond motifs is 3. The molecule has 0 radical (unpaired) electrons. The lowest BCUT2D eigenvalue weighted by Crippen LogP contribution is -2.23. The van der Waals surface area contributed by atoms with Crippen molar-refractivity contribution in [2.24, 2.45) is 0 Å². The van der Waals surface area contributed by atoms with Crippen molar-refractivity contribution in [3.05, 3.63) is 119 Å². The number of methoxy groups -OCH3 is 1. The van der Waals surface area contributed by atoms with Crippen LogP contribution in [0.3, 0.4) is 0 Å². The van der Waals surface area contributed by atoms with Crippen LogP contribution in [0.4, 0.5) is 5.69 Å². The maximum absolute atomic E-state index is 6.56. The zero-order valence-electron chi connectivity index (χ0n) is 26.0. The Kier molecular flexibility index (Phi) is 8.94. The van der Waals surface area contributed by atoms with Crippen molar-refractivity contribution in [3.63, 3.8) is 0 Å². The van der Waals surface area contributed by atoms with Gasteiger partial charge in [0.05, 0.1) is 17.9 Å². The van der Waals surface area contributed by atoms with Gasteiger partial charge in [0.2, 0.25) is 0 Å². The number of aromatic nitrogens is 3. The topological polar surface area (TPSA) is 61.6 Å². The van der Waals surface area contributed by atoms with E-state index in [0.717, 1.165) is 70.5 Å². The van der Waals surface area contributed by atoms with E-state index in [1.54, 1.807) is 7.11 Å². The van der Waals surface area contributed by atoms with Crippen LogP contribution < -0.4 is 14.4 Å². The molecule has 0 bridgehead atoms. The summed E-state index contributed by atoms with van der Waals surface area (Å²) in [5.74, 6) is 3.50. The van der Waals surface area contributed by atoms with Crippen molar-refractivity contribution >= 4 is 5.69 Å². The fourth-order valence-electron chi connectivity index (χ4n) is 5.66. The van der Waals surface area contributed by atoms with E-state index in [2.05, 4.69) is 84.0 Å². The van der Waals surface area contributed by atoms with Crippen LogP contribution in [-0.4, -0.2) is 42.1 Å². The summed E-state index contributed by atoms with van der Waals surface area (Å²) in [7, 11) is 3.84. The van der Waals surface area contributed by atoms with E-state index in [1.807, 2.05) is 42.5 Å². The molecule has 0 aliphatic carbocycles. The summed E-state index contributed by atoms with van der Waals surface area (Å²) in [5, 5.41) is 9.43. The first kappa shape index (κ1) is 29.5. The minimum atomic E-state index is 0.226. The number of rotatable bonds is 12. The summed E-state index contributed by atoms with van der Waals surface area (Å²) < 4.78 is 20.5. The molecule has 1 aliphatic heterocycles. The Morgan fingerprint density at radius 1 is 0.795 bits per heavy atom. The van der Waals surface area contributed by atoms with Gasteiger partial charge in [-0.25, -0.2) is 0 Å². The van der Waals surface area contributed by atoms with Crippen molar-refractivity contribution in [2.75, 3.05) is 32.2 Å². The molecule has 0 saturated heterocycles. The molecule has 0 N–H and O–H groups in total.